The number of fused-ring (bicyclic) bond motifs is 1. The Bertz CT molecular complexity index is 798. The predicted molar refractivity (Wildman–Crippen MR) is 67.2 cm³/mol. The number of rotatable bonds is 2. The number of hydrogen-bond acceptors (Lipinski definition) is 3. The highest BCUT2D eigenvalue weighted by Crippen LogP contribution is 2.28. The summed E-state index contributed by atoms with van der Waals surface area (Å²) in [5.74, 6) is -4.23. The van der Waals surface area contributed by atoms with Gasteiger partial charge in [-0.2, -0.15) is 0 Å². The number of nitrogens with zero attached hydrogens (tertiary/aromatic N) is 1. The van der Waals surface area contributed by atoms with Gasteiger partial charge in [-0.3, -0.25) is 0 Å². The zero-order chi connectivity index (χ0) is 14.3. The first kappa shape index (κ1) is 12.7. The molecular weight excluding hydrogens is 269 g/mol. The third-order valence-corrected chi connectivity index (χ3v) is 2.95. The van der Waals surface area contributed by atoms with Crippen molar-refractivity contribution in [2.45, 2.75) is 6.54 Å². The topological polar surface area (TPSA) is 52.0 Å². The first-order valence-corrected chi connectivity index (χ1v) is 5.83. The minimum Gasteiger partial charge on any atom is -0.436 e. The Kier molecular flexibility index (Phi) is 2.94. The van der Waals surface area contributed by atoms with Crippen LogP contribution in [0.1, 0.15) is 5.56 Å². The lowest BCUT2D eigenvalue weighted by molar-refractivity contribution is 0.446. The third kappa shape index (κ3) is 1.94. The minimum absolute atomic E-state index is 0.106. The highest BCUT2D eigenvalue weighted by atomic mass is 19.2. The van der Waals surface area contributed by atoms with Gasteiger partial charge in [-0.15, -0.1) is 0 Å². The van der Waals surface area contributed by atoms with Crippen LogP contribution in [0.15, 0.2) is 34.7 Å². The van der Waals surface area contributed by atoms with E-state index in [2.05, 4.69) is 4.98 Å². The summed E-state index contributed by atoms with van der Waals surface area (Å²) < 4.78 is 45.2. The van der Waals surface area contributed by atoms with E-state index in [-0.39, 0.29) is 11.5 Å². The molecular formula is C14H9F3N2O. The first-order chi connectivity index (χ1) is 9.60. The van der Waals surface area contributed by atoms with Crippen molar-refractivity contribution >= 4 is 11.1 Å². The zero-order valence-corrected chi connectivity index (χ0v) is 10.2. The van der Waals surface area contributed by atoms with Crippen LogP contribution in [0.4, 0.5) is 13.2 Å². The Hall–Kier alpha value is -2.34. The Morgan fingerprint density at radius 2 is 1.85 bits per heavy atom. The van der Waals surface area contributed by atoms with E-state index in [1.54, 1.807) is 18.2 Å². The van der Waals surface area contributed by atoms with E-state index in [0.29, 0.717) is 17.6 Å². The lowest BCUT2D eigenvalue weighted by Crippen LogP contribution is -1.94. The molecule has 3 aromatic rings. The van der Waals surface area contributed by atoms with Gasteiger partial charge >= 0.3 is 0 Å². The van der Waals surface area contributed by atoms with Gasteiger partial charge in [0.25, 0.3) is 0 Å². The number of nitrogens with two attached hydrogens (primary N) is 1. The molecule has 3 nitrogen and oxygen atoms in total. The van der Waals surface area contributed by atoms with Gasteiger partial charge in [0.05, 0.1) is 5.56 Å². The molecule has 0 saturated heterocycles. The SMILES string of the molecule is NCc1ccc2nc(-c3ccc(F)c(F)c3F)oc2c1. The maximum atomic E-state index is 13.7. The van der Waals surface area contributed by atoms with E-state index < -0.39 is 17.5 Å². The molecule has 20 heavy (non-hydrogen) atoms. The lowest BCUT2D eigenvalue weighted by atomic mass is 10.2. The minimum atomic E-state index is -1.55. The summed E-state index contributed by atoms with van der Waals surface area (Å²) in [4.78, 5) is 4.05. The molecule has 0 unspecified atom stereocenters. The van der Waals surface area contributed by atoms with Gasteiger partial charge in [0.2, 0.25) is 5.89 Å². The number of oxazole rings is 1. The van der Waals surface area contributed by atoms with E-state index in [1.807, 2.05) is 0 Å². The van der Waals surface area contributed by atoms with E-state index in [0.717, 1.165) is 17.7 Å². The second-order valence-corrected chi connectivity index (χ2v) is 4.25. The lowest BCUT2D eigenvalue weighted by Gasteiger charge is -1.99. The van der Waals surface area contributed by atoms with Crippen LogP contribution in [0.5, 0.6) is 0 Å². The smallest absolute Gasteiger partial charge is 0.230 e. The number of aromatic nitrogens is 1. The normalized spacial score (nSPS) is 11.2. The van der Waals surface area contributed by atoms with Crippen LogP contribution >= 0.6 is 0 Å². The van der Waals surface area contributed by atoms with Crippen LogP contribution in [0, 0.1) is 17.5 Å². The van der Waals surface area contributed by atoms with Crippen LogP contribution in [0.25, 0.3) is 22.6 Å². The molecule has 0 fully saturated rings. The number of halogens is 3. The largest absolute Gasteiger partial charge is 0.436 e. The highest BCUT2D eigenvalue weighted by Gasteiger charge is 2.18. The van der Waals surface area contributed by atoms with Crippen molar-refractivity contribution in [2.75, 3.05) is 0 Å². The van der Waals surface area contributed by atoms with E-state index in [4.69, 9.17) is 10.2 Å². The van der Waals surface area contributed by atoms with Crippen LogP contribution in [0.3, 0.4) is 0 Å². The van der Waals surface area contributed by atoms with Crippen molar-refractivity contribution in [1.29, 1.82) is 0 Å². The molecule has 1 aromatic heterocycles. The van der Waals surface area contributed by atoms with Gasteiger partial charge in [-0.25, -0.2) is 18.2 Å². The van der Waals surface area contributed by atoms with Crippen LogP contribution < -0.4 is 5.73 Å². The molecule has 102 valence electrons. The fourth-order valence-corrected chi connectivity index (χ4v) is 1.90. The van der Waals surface area contributed by atoms with E-state index in [1.165, 1.54) is 0 Å². The summed E-state index contributed by atoms with van der Waals surface area (Å²) in [6.07, 6.45) is 0. The van der Waals surface area contributed by atoms with Gasteiger partial charge in [-0.05, 0) is 29.8 Å². The molecule has 3 rings (SSSR count). The molecule has 0 saturated carbocycles. The summed E-state index contributed by atoms with van der Waals surface area (Å²) in [5.41, 5.74) is 7.00. The van der Waals surface area contributed by atoms with E-state index >= 15 is 0 Å². The fourth-order valence-electron chi connectivity index (χ4n) is 1.90. The van der Waals surface area contributed by atoms with Gasteiger partial charge < -0.3 is 10.2 Å². The molecule has 0 bridgehead atoms. The first-order valence-electron chi connectivity index (χ1n) is 5.83. The Balaban J connectivity index is 2.17. The summed E-state index contributed by atoms with van der Waals surface area (Å²) in [7, 11) is 0. The van der Waals surface area contributed by atoms with Crippen molar-refractivity contribution in [2.24, 2.45) is 5.73 Å². The average Bonchev–Trinajstić information content (AvgIpc) is 2.87. The quantitative estimate of drug-likeness (QED) is 0.731. The molecule has 0 radical (unpaired) electrons. The third-order valence-electron chi connectivity index (χ3n) is 2.95. The van der Waals surface area contributed by atoms with Crippen molar-refractivity contribution in [3.63, 3.8) is 0 Å². The average molecular weight is 278 g/mol. The Morgan fingerprint density at radius 1 is 1.05 bits per heavy atom. The summed E-state index contributed by atoms with van der Waals surface area (Å²) >= 11 is 0. The van der Waals surface area contributed by atoms with Gasteiger partial charge in [0.1, 0.15) is 5.52 Å². The van der Waals surface area contributed by atoms with Crippen molar-refractivity contribution < 1.29 is 17.6 Å². The number of hydrogen-bond donors (Lipinski definition) is 1. The standard InChI is InChI=1S/C14H9F3N2O/c15-9-3-2-8(12(16)13(9)17)14-19-10-4-1-7(6-18)5-11(10)20-14/h1-5H,6,18H2. The second kappa shape index (κ2) is 4.64. The molecule has 1 heterocycles. The van der Waals surface area contributed by atoms with Crippen molar-refractivity contribution in [1.82, 2.24) is 4.98 Å². The van der Waals surface area contributed by atoms with Gasteiger partial charge in [-0.1, -0.05) is 6.07 Å². The number of benzene rings is 2. The summed E-state index contributed by atoms with van der Waals surface area (Å²) in [5, 5.41) is 0. The Labute approximate surface area is 111 Å². The second-order valence-electron chi connectivity index (χ2n) is 4.25. The van der Waals surface area contributed by atoms with Crippen molar-refractivity contribution in [3.8, 4) is 11.5 Å². The summed E-state index contributed by atoms with van der Waals surface area (Å²) in [6.45, 7) is 0.325. The molecule has 0 aliphatic heterocycles. The maximum Gasteiger partial charge on any atom is 0.230 e. The Morgan fingerprint density at radius 3 is 2.60 bits per heavy atom. The molecule has 0 amide bonds. The molecule has 0 aliphatic rings. The van der Waals surface area contributed by atoms with Gasteiger partial charge in [0, 0.05) is 6.54 Å². The monoisotopic (exact) mass is 278 g/mol. The molecule has 2 aromatic carbocycles. The molecule has 0 spiro atoms. The van der Waals surface area contributed by atoms with Gasteiger partial charge in [0.15, 0.2) is 23.0 Å². The van der Waals surface area contributed by atoms with Crippen LogP contribution in [-0.4, -0.2) is 4.98 Å². The van der Waals surface area contributed by atoms with E-state index in [9.17, 15) is 13.2 Å². The maximum absolute atomic E-state index is 13.7. The summed E-state index contributed by atoms with van der Waals surface area (Å²) in [6, 6.07) is 7.01. The predicted octanol–water partition coefficient (Wildman–Crippen LogP) is 3.37. The van der Waals surface area contributed by atoms with Crippen LogP contribution in [-0.2, 0) is 6.54 Å². The molecule has 2 N–H and O–H groups in total. The molecule has 0 atom stereocenters. The van der Waals surface area contributed by atoms with Crippen LogP contribution in [0.2, 0.25) is 0 Å². The highest BCUT2D eigenvalue weighted by molar-refractivity contribution is 5.77. The molecule has 6 heteroatoms. The zero-order valence-electron chi connectivity index (χ0n) is 10.2. The molecule has 0 aliphatic carbocycles. The fraction of sp³-hybridized carbons (Fsp3) is 0.0714. The van der Waals surface area contributed by atoms with Crippen molar-refractivity contribution in [3.05, 3.63) is 53.3 Å².